The van der Waals surface area contributed by atoms with Crippen molar-refractivity contribution < 1.29 is 0 Å². The second-order valence-electron chi connectivity index (χ2n) is 4.01. The van der Waals surface area contributed by atoms with E-state index >= 15 is 0 Å². The number of nitrogens with one attached hydrogen (secondary N) is 1. The second-order valence-corrected chi connectivity index (χ2v) is 5.21. The lowest BCUT2D eigenvalue weighted by Gasteiger charge is -2.07. The highest BCUT2D eigenvalue weighted by molar-refractivity contribution is 7.11. The molecular weight excluding hydrogens is 230 g/mol. The van der Waals surface area contributed by atoms with Crippen LogP contribution >= 0.6 is 11.3 Å². The molecule has 2 heterocycles. The van der Waals surface area contributed by atoms with Crippen molar-refractivity contribution in [2.24, 2.45) is 0 Å². The van der Waals surface area contributed by atoms with Crippen LogP contribution in [0.25, 0.3) is 0 Å². The van der Waals surface area contributed by atoms with Crippen LogP contribution in [0.3, 0.4) is 0 Å². The second kappa shape index (κ2) is 5.27. The van der Waals surface area contributed by atoms with E-state index < -0.39 is 0 Å². The third-order valence-electron chi connectivity index (χ3n) is 2.58. The Morgan fingerprint density at radius 2 is 2.12 bits per heavy atom. The number of aryl methyl sites for hydroxylation is 3. The third-order valence-corrected chi connectivity index (χ3v) is 3.72. The molecule has 4 heteroatoms. The highest BCUT2D eigenvalue weighted by Crippen LogP contribution is 2.17. The van der Waals surface area contributed by atoms with Crippen molar-refractivity contribution in [1.82, 2.24) is 9.97 Å². The van der Waals surface area contributed by atoms with Gasteiger partial charge >= 0.3 is 0 Å². The molecule has 0 aliphatic carbocycles. The Bertz CT molecular complexity index is 505. The van der Waals surface area contributed by atoms with E-state index in [1.165, 1.54) is 9.88 Å². The first-order valence-electron chi connectivity index (χ1n) is 5.80. The van der Waals surface area contributed by atoms with Gasteiger partial charge in [-0.05, 0) is 32.4 Å². The summed E-state index contributed by atoms with van der Waals surface area (Å²) in [4.78, 5) is 10.0. The van der Waals surface area contributed by atoms with E-state index in [-0.39, 0.29) is 0 Å². The first kappa shape index (κ1) is 12.0. The van der Waals surface area contributed by atoms with E-state index in [9.17, 15) is 0 Å². The molecule has 0 spiro atoms. The Morgan fingerprint density at radius 1 is 1.29 bits per heavy atom. The van der Waals surface area contributed by atoms with Gasteiger partial charge in [0.25, 0.3) is 0 Å². The van der Waals surface area contributed by atoms with E-state index in [1.807, 2.05) is 26.1 Å². The summed E-state index contributed by atoms with van der Waals surface area (Å²) in [7, 11) is 0. The summed E-state index contributed by atoms with van der Waals surface area (Å²) in [6.45, 7) is 6.99. The fraction of sp³-hybridized carbons (Fsp3) is 0.385. The van der Waals surface area contributed by atoms with Crippen LogP contribution in [-0.4, -0.2) is 9.97 Å². The lowest BCUT2D eigenvalue weighted by Crippen LogP contribution is -2.01. The van der Waals surface area contributed by atoms with Gasteiger partial charge in [0, 0.05) is 16.8 Å². The third kappa shape index (κ3) is 3.03. The molecule has 0 aliphatic rings. The molecule has 2 aromatic heterocycles. The minimum absolute atomic E-state index is 0.823. The van der Waals surface area contributed by atoms with Crippen molar-refractivity contribution in [2.75, 3.05) is 5.32 Å². The first-order chi connectivity index (χ1) is 8.19. The van der Waals surface area contributed by atoms with E-state index in [1.54, 1.807) is 11.3 Å². The predicted octanol–water partition coefficient (Wildman–Crippen LogP) is 3.33. The van der Waals surface area contributed by atoms with Gasteiger partial charge in [0.15, 0.2) is 0 Å². The maximum atomic E-state index is 4.43. The maximum Gasteiger partial charge on any atom is 0.0925 e. The zero-order chi connectivity index (χ0) is 12.3. The van der Waals surface area contributed by atoms with Gasteiger partial charge in [-0.15, -0.1) is 11.3 Å². The molecule has 90 valence electrons. The van der Waals surface area contributed by atoms with Crippen LogP contribution < -0.4 is 5.32 Å². The van der Waals surface area contributed by atoms with Gasteiger partial charge in [-0.3, -0.25) is 4.98 Å². The van der Waals surface area contributed by atoms with Gasteiger partial charge in [-0.1, -0.05) is 6.92 Å². The summed E-state index contributed by atoms with van der Waals surface area (Å²) < 4.78 is 0. The van der Waals surface area contributed by atoms with Crippen LogP contribution in [0, 0.1) is 13.8 Å². The largest absolute Gasteiger partial charge is 0.379 e. The zero-order valence-electron chi connectivity index (χ0n) is 10.4. The van der Waals surface area contributed by atoms with E-state index in [2.05, 4.69) is 28.3 Å². The Balaban J connectivity index is 2.02. The van der Waals surface area contributed by atoms with Crippen LogP contribution in [0.4, 0.5) is 5.69 Å². The molecule has 17 heavy (non-hydrogen) atoms. The topological polar surface area (TPSA) is 37.8 Å². The average molecular weight is 247 g/mol. The monoisotopic (exact) mass is 247 g/mol. The molecule has 0 radical (unpaired) electrons. The van der Waals surface area contributed by atoms with Crippen LogP contribution in [0.2, 0.25) is 0 Å². The van der Waals surface area contributed by atoms with Crippen molar-refractivity contribution in [1.29, 1.82) is 0 Å². The SMILES string of the molecule is CCc1ncc(CNc2ccc(C)nc2C)s1. The minimum atomic E-state index is 0.823. The fourth-order valence-corrected chi connectivity index (χ4v) is 2.45. The Kier molecular flexibility index (Phi) is 3.74. The van der Waals surface area contributed by atoms with E-state index in [0.717, 1.165) is 30.0 Å². The standard InChI is InChI=1S/C13H17N3S/c1-4-13-15-8-11(17-13)7-14-12-6-5-9(2)16-10(12)3/h5-6,8,14H,4,7H2,1-3H3. The Morgan fingerprint density at radius 3 is 2.76 bits per heavy atom. The van der Waals surface area contributed by atoms with Gasteiger partial charge in [-0.25, -0.2) is 4.98 Å². The molecule has 0 bridgehead atoms. The van der Waals surface area contributed by atoms with Crippen molar-refractivity contribution in [3.63, 3.8) is 0 Å². The molecule has 0 aromatic carbocycles. The van der Waals surface area contributed by atoms with Gasteiger partial charge in [0.2, 0.25) is 0 Å². The minimum Gasteiger partial charge on any atom is -0.379 e. The molecule has 0 amide bonds. The molecular formula is C13H17N3S. The van der Waals surface area contributed by atoms with Crippen LogP contribution in [0.1, 0.15) is 28.2 Å². The Labute approximate surface area is 106 Å². The quantitative estimate of drug-likeness (QED) is 0.900. The number of anilines is 1. The van der Waals surface area contributed by atoms with Crippen molar-refractivity contribution in [3.8, 4) is 0 Å². The van der Waals surface area contributed by atoms with Crippen LogP contribution in [0.5, 0.6) is 0 Å². The van der Waals surface area contributed by atoms with Crippen molar-refractivity contribution in [2.45, 2.75) is 33.7 Å². The lowest BCUT2D eigenvalue weighted by molar-refractivity contribution is 1.08. The number of rotatable bonds is 4. The number of thiazole rings is 1. The van der Waals surface area contributed by atoms with Crippen LogP contribution in [-0.2, 0) is 13.0 Å². The van der Waals surface area contributed by atoms with E-state index in [4.69, 9.17) is 0 Å². The van der Waals surface area contributed by atoms with Crippen molar-refractivity contribution >= 4 is 17.0 Å². The fourth-order valence-electron chi connectivity index (χ4n) is 1.65. The lowest BCUT2D eigenvalue weighted by atomic mass is 10.2. The first-order valence-corrected chi connectivity index (χ1v) is 6.62. The normalized spacial score (nSPS) is 10.5. The van der Waals surface area contributed by atoms with Crippen LogP contribution in [0.15, 0.2) is 18.3 Å². The molecule has 1 N–H and O–H groups in total. The summed E-state index contributed by atoms with van der Waals surface area (Å²) in [6.07, 6.45) is 2.96. The zero-order valence-corrected chi connectivity index (χ0v) is 11.3. The van der Waals surface area contributed by atoms with E-state index in [0.29, 0.717) is 0 Å². The maximum absolute atomic E-state index is 4.43. The number of nitrogens with zero attached hydrogens (tertiary/aromatic N) is 2. The van der Waals surface area contributed by atoms with Gasteiger partial charge < -0.3 is 5.32 Å². The van der Waals surface area contributed by atoms with Crippen molar-refractivity contribution in [3.05, 3.63) is 39.6 Å². The highest BCUT2D eigenvalue weighted by Gasteiger charge is 2.02. The molecule has 0 atom stereocenters. The molecule has 0 saturated heterocycles. The summed E-state index contributed by atoms with van der Waals surface area (Å²) in [5.41, 5.74) is 3.20. The molecule has 2 rings (SSSR count). The van der Waals surface area contributed by atoms with Gasteiger partial charge in [0.1, 0.15) is 0 Å². The summed E-state index contributed by atoms with van der Waals surface area (Å²) in [5.74, 6) is 0. The summed E-state index contributed by atoms with van der Waals surface area (Å²) in [6, 6.07) is 4.11. The molecule has 0 saturated carbocycles. The molecule has 2 aromatic rings. The number of pyridine rings is 1. The average Bonchev–Trinajstić information content (AvgIpc) is 2.76. The smallest absolute Gasteiger partial charge is 0.0925 e. The molecule has 0 aliphatic heterocycles. The predicted molar refractivity (Wildman–Crippen MR) is 72.5 cm³/mol. The molecule has 0 unspecified atom stereocenters. The number of hydrogen-bond donors (Lipinski definition) is 1. The molecule has 0 fully saturated rings. The summed E-state index contributed by atoms with van der Waals surface area (Å²) >= 11 is 1.77. The Hall–Kier alpha value is -1.42. The van der Waals surface area contributed by atoms with Gasteiger partial charge in [-0.2, -0.15) is 0 Å². The number of hydrogen-bond acceptors (Lipinski definition) is 4. The highest BCUT2D eigenvalue weighted by atomic mass is 32.1. The van der Waals surface area contributed by atoms with Gasteiger partial charge in [0.05, 0.1) is 22.9 Å². The summed E-state index contributed by atoms with van der Waals surface area (Å²) in [5, 5.41) is 4.60. The number of aromatic nitrogens is 2. The molecule has 3 nitrogen and oxygen atoms in total.